The average molecular weight is 545 g/mol. The molecule has 0 spiro atoms. The van der Waals surface area contributed by atoms with Gasteiger partial charge in [0.25, 0.3) is 0 Å². The lowest BCUT2D eigenvalue weighted by Gasteiger charge is -2.33. The van der Waals surface area contributed by atoms with Crippen molar-refractivity contribution in [3.8, 4) is 11.8 Å². The number of nitrogens with one attached hydrogen (secondary N) is 2. The zero-order chi connectivity index (χ0) is 27.9. The quantitative estimate of drug-likeness (QED) is 0.349. The van der Waals surface area contributed by atoms with Crippen molar-refractivity contribution in [1.82, 2.24) is 14.9 Å². The fourth-order valence-electron chi connectivity index (χ4n) is 5.67. The number of fused-ring (bicyclic) bond motifs is 1. The summed E-state index contributed by atoms with van der Waals surface area (Å²) < 4.78 is 5.59. The van der Waals surface area contributed by atoms with Crippen LogP contribution in [0.5, 0.6) is 5.75 Å². The van der Waals surface area contributed by atoms with E-state index in [0.717, 1.165) is 93.1 Å². The highest BCUT2D eigenvalue weighted by Gasteiger charge is 2.22. The smallest absolute Gasteiger partial charge is 0.430 e. The fraction of sp³-hybridized carbons (Fsp3) is 0.484. The maximum absolute atomic E-state index is 12.7. The first kappa shape index (κ1) is 27.8. The molecular weight excluding hydrogens is 504 g/mol. The summed E-state index contributed by atoms with van der Waals surface area (Å²) in [6, 6.07) is 13.8. The van der Waals surface area contributed by atoms with Crippen molar-refractivity contribution in [2.75, 3.05) is 63.1 Å². The number of unbranched alkanes of at least 4 members (excludes halogenated alkanes) is 1. The maximum atomic E-state index is 12.7. The van der Waals surface area contributed by atoms with Crippen molar-refractivity contribution in [2.24, 2.45) is 5.92 Å². The van der Waals surface area contributed by atoms with Gasteiger partial charge in [-0.15, -0.1) is 5.06 Å². The first-order valence-corrected chi connectivity index (χ1v) is 14.4. The van der Waals surface area contributed by atoms with E-state index in [4.69, 9.17) is 9.57 Å². The average Bonchev–Trinajstić information content (AvgIpc) is 3.38. The highest BCUT2D eigenvalue weighted by molar-refractivity contribution is 5.86. The third-order valence-electron chi connectivity index (χ3n) is 8.16. The molecule has 2 aliphatic rings. The highest BCUT2D eigenvalue weighted by Crippen LogP contribution is 2.34. The first-order valence-electron chi connectivity index (χ1n) is 14.4. The SMILES string of the molecule is COc1ccc(NC(=O)ON2CCN(CCCCc3c[nH]c4ccc(C#N)cc34)CC2)cc1N1CCC(C)CC1. The van der Waals surface area contributed by atoms with E-state index in [9.17, 15) is 10.1 Å². The molecule has 5 rings (SSSR count). The summed E-state index contributed by atoms with van der Waals surface area (Å²) in [6.45, 7) is 8.40. The number of methoxy groups -OCH3 is 1. The van der Waals surface area contributed by atoms with Gasteiger partial charge in [-0.05, 0) is 86.5 Å². The first-order chi connectivity index (χ1) is 19.5. The summed E-state index contributed by atoms with van der Waals surface area (Å²) in [5.41, 5.74) is 4.77. The van der Waals surface area contributed by atoms with Crippen LogP contribution in [0, 0.1) is 17.2 Å². The third-order valence-corrected chi connectivity index (χ3v) is 8.16. The van der Waals surface area contributed by atoms with E-state index in [0.29, 0.717) is 24.3 Å². The summed E-state index contributed by atoms with van der Waals surface area (Å²) in [6.07, 6.45) is 7.09. The Morgan fingerprint density at radius 3 is 2.62 bits per heavy atom. The monoisotopic (exact) mass is 544 g/mol. The lowest BCUT2D eigenvalue weighted by Crippen LogP contribution is -2.47. The number of carbonyl (C=O) groups is 1. The number of hydrogen-bond donors (Lipinski definition) is 2. The number of ether oxygens (including phenoxy) is 1. The van der Waals surface area contributed by atoms with Crippen LogP contribution in [0.2, 0.25) is 0 Å². The summed E-state index contributed by atoms with van der Waals surface area (Å²) in [5.74, 6) is 1.56. The normalized spacial score (nSPS) is 17.1. The Balaban J connectivity index is 1.03. The van der Waals surface area contributed by atoms with Crippen LogP contribution in [0.3, 0.4) is 0 Å². The van der Waals surface area contributed by atoms with Gasteiger partial charge in [0.05, 0.1) is 24.4 Å². The molecular formula is C31H40N6O3. The van der Waals surface area contributed by atoms with E-state index in [2.05, 4.69) is 39.3 Å². The molecule has 1 aromatic heterocycles. The topological polar surface area (TPSA) is 96.9 Å². The Bertz CT molecular complexity index is 1330. The van der Waals surface area contributed by atoms with Crippen LogP contribution < -0.4 is 15.0 Å². The van der Waals surface area contributed by atoms with E-state index in [1.165, 1.54) is 5.56 Å². The number of amides is 1. The molecule has 0 unspecified atom stereocenters. The van der Waals surface area contributed by atoms with Crippen molar-refractivity contribution in [3.05, 3.63) is 53.7 Å². The predicted molar refractivity (Wildman–Crippen MR) is 158 cm³/mol. The molecule has 0 radical (unpaired) electrons. The molecule has 2 aliphatic heterocycles. The number of nitriles is 1. The van der Waals surface area contributed by atoms with Gasteiger partial charge in [-0.1, -0.05) is 6.92 Å². The van der Waals surface area contributed by atoms with Gasteiger partial charge < -0.3 is 24.4 Å². The number of nitrogens with zero attached hydrogens (tertiary/aromatic N) is 4. The van der Waals surface area contributed by atoms with Crippen molar-refractivity contribution in [1.29, 1.82) is 5.26 Å². The van der Waals surface area contributed by atoms with Gasteiger partial charge in [-0.2, -0.15) is 5.26 Å². The second-order valence-corrected chi connectivity index (χ2v) is 11.0. The van der Waals surface area contributed by atoms with Crippen LogP contribution in [0.15, 0.2) is 42.6 Å². The third kappa shape index (κ3) is 6.87. The standard InChI is InChI=1S/C31H40N6O3/c1-23-10-13-36(14-11-23)29-20-26(7-9-30(29)39-2)34-31(38)40-37-17-15-35(16-18-37)12-4-3-5-25-22-33-28-8-6-24(21-32)19-27(25)28/h6-9,19-20,22-23,33H,3-5,10-18H2,1-2H3,(H,34,38). The number of piperidine rings is 1. The minimum absolute atomic E-state index is 0.463. The zero-order valence-corrected chi connectivity index (χ0v) is 23.6. The number of aromatic nitrogens is 1. The lowest BCUT2D eigenvalue weighted by atomic mass is 9.98. The van der Waals surface area contributed by atoms with Crippen LogP contribution in [-0.2, 0) is 11.3 Å². The number of H-pyrrole nitrogens is 1. The Labute approximate surface area is 236 Å². The number of aromatic amines is 1. The number of rotatable bonds is 9. The molecule has 0 bridgehead atoms. The Morgan fingerprint density at radius 1 is 1.07 bits per heavy atom. The molecule has 212 valence electrons. The summed E-state index contributed by atoms with van der Waals surface area (Å²) in [7, 11) is 1.68. The Hall–Kier alpha value is -3.74. The molecule has 0 aliphatic carbocycles. The minimum atomic E-state index is -0.463. The molecule has 40 heavy (non-hydrogen) atoms. The molecule has 2 aromatic carbocycles. The van der Waals surface area contributed by atoms with Crippen LogP contribution in [-0.4, -0.2) is 74.0 Å². The van der Waals surface area contributed by atoms with E-state index >= 15 is 0 Å². The van der Waals surface area contributed by atoms with E-state index in [-0.39, 0.29) is 0 Å². The molecule has 1 amide bonds. The Kier molecular flexibility index (Phi) is 9.09. The second-order valence-electron chi connectivity index (χ2n) is 11.0. The van der Waals surface area contributed by atoms with Crippen LogP contribution in [0.4, 0.5) is 16.2 Å². The van der Waals surface area contributed by atoms with Crippen LogP contribution in [0.1, 0.15) is 43.7 Å². The second kappa shape index (κ2) is 13.1. The maximum Gasteiger partial charge on any atom is 0.430 e. The molecule has 0 atom stereocenters. The number of aryl methyl sites for hydroxylation is 1. The van der Waals surface area contributed by atoms with Gasteiger partial charge in [-0.3, -0.25) is 5.32 Å². The Morgan fingerprint density at radius 2 is 1.88 bits per heavy atom. The van der Waals surface area contributed by atoms with Gasteiger partial charge in [0, 0.05) is 62.1 Å². The number of carbonyl (C=O) groups excluding carboxylic acids is 1. The molecule has 2 N–H and O–H groups in total. The van der Waals surface area contributed by atoms with E-state index in [1.807, 2.05) is 36.4 Å². The molecule has 3 heterocycles. The molecule has 9 heteroatoms. The van der Waals surface area contributed by atoms with Gasteiger partial charge in [0.1, 0.15) is 5.75 Å². The van der Waals surface area contributed by atoms with E-state index in [1.54, 1.807) is 12.2 Å². The number of anilines is 2. The molecule has 2 saturated heterocycles. The van der Waals surface area contributed by atoms with Gasteiger partial charge >= 0.3 is 6.09 Å². The van der Waals surface area contributed by atoms with Crippen molar-refractivity contribution >= 4 is 28.4 Å². The number of benzene rings is 2. The number of hydroxylamine groups is 2. The molecule has 2 fully saturated rings. The zero-order valence-electron chi connectivity index (χ0n) is 23.6. The van der Waals surface area contributed by atoms with Crippen molar-refractivity contribution in [2.45, 2.75) is 39.0 Å². The highest BCUT2D eigenvalue weighted by atomic mass is 16.7. The fourth-order valence-corrected chi connectivity index (χ4v) is 5.67. The summed E-state index contributed by atoms with van der Waals surface area (Å²) >= 11 is 0. The number of hydrogen-bond acceptors (Lipinski definition) is 7. The van der Waals surface area contributed by atoms with Gasteiger partial charge in [0.15, 0.2) is 0 Å². The van der Waals surface area contributed by atoms with Crippen molar-refractivity contribution < 1.29 is 14.4 Å². The molecule has 9 nitrogen and oxygen atoms in total. The van der Waals surface area contributed by atoms with Gasteiger partial charge in [-0.25, -0.2) is 4.79 Å². The van der Waals surface area contributed by atoms with Crippen molar-refractivity contribution in [3.63, 3.8) is 0 Å². The number of piperazine rings is 1. The predicted octanol–water partition coefficient (Wildman–Crippen LogP) is 5.39. The van der Waals surface area contributed by atoms with Crippen LogP contribution >= 0.6 is 0 Å². The summed E-state index contributed by atoms with van der Waals surface area (Å²) in [5, 5.41) is 15.0. The lowest BCUT2D eigenvalue weighted by molar-refractivity contribution is -0.118. The molecule has 0 saturated carbocycles. The largest absolute Gasteiger partial charge is 0.495 e. The summed E-state index contributed by atoms with van der Waals surface area (Å²) in [4.78, 5) is 26.3. The minimum Gasteiger partial charge on any atom is -0.495 e. The van der Waals surface area contributed by atoms with Gasteiger partial charge in [0.2, 0.25) is 0 Å². The van der Waals surface area contributed by atoms with Crippen LogP contribution in [0.25, 0.3) is 10.9 Å². The molecule has 3 aromatic rings. The van der Waals surface area contributed by atoms with E-state index < -0.39 is 6.09 Å².